The zero-order valence-corrected chi connectivity index (χ0v) is 9.77. The van der Waals surface area contributed by atoms with Crippen LogP contribution < -0.4 is 34.3 Å². The Morgan fingerprint density at radius 1 is 1.62 bits per heavy atom. The van der Waals surface area contributed by atoms with Gasteiger partial charge in [0.05, 0.1) is 12.0 Å². The predicted octanol–water partition coefficient (Wildman–Crippen LogP) is -1.58. The van der Waals surface area contributed by atoms with Crippen LogP contribution in [-0.2, 0) is 0 Å². The van der Waals surface area contributed by atoms with Gasteiger partial charge in [0.2, 0.25) is 5.88 Å². The van der Waals surface area contributed by atoms with Crippen molar-refractivity contribution in [3.63, 3.8) is 0 Å². The van der Waals surface area contributed by atoms with Gasteiger partial charge in [-0.15, -0.1) is 0 Å². The molecule has 13 heavy (non-hydrogen) atoms. The Hall–Kier alpha value is -0.650. The number of aromatic nitrogens is 1. The van der Waals surface area contributed by atoms with E-state index in [4.69, 9.17) is 4.74 Å². The second kappa shape index (κ2) is 5.16. The first-order chi connectivity index (χ1) is 5.65. The first-order valence-corrected chi connectivity index (χ1v) is 3.31. The smallest absolute Gasteiger partial charge is 1.00 e. The van der Waals surface area contributed by atoms with Crippen LogP contribution in [0.5, 0.6) is 5.88 Å². The maximum atomic E-state index is 10.3. The van der Waals surface area contributed by atoms with E-state index in [9.17, 15) is 10.1 Å². The number of pyridine rings is 1. The van der Waals surface area contributed by atoms with Crippen LogP contribution in [0, 0.1) is 17.0 Å². The summed E-state index contributed by atoms with van der Waals surface area (Å²) in [7, 11) is 1.47. The average molecular weight is 192 g/mol. The monoisotopic (exact) mass is 192 g/mol. The molecular weight excluding hydrogens is 183 g/mol. The SMILES string of the molecule is COc1ccc([N+](=O)[O-])c(C)n1.[H-].[Na+]. The van der Waals surface area contributed by atoms with Crippen LogP contribution in [0.3, 0.4) is 0 Å². The Morgan fingerprint density at radius 3 is 2.62 bits per heavy atom. The first-order valence-electron chi connectivity index (χ1n) is 3.31. The normalized spacial score (nSPS) is 8.77. The fourth-order valence-electron chi connectivity index (χ4n) is 0.837. The Kier molecular flexibility index (Phi) is 4.90. The van der Waals surface area contributed by atoms with Gasteiger partial charge in [-0.1, -0.05) is 0 Å². The van der Waals surface area contributed by atoms with Crippen molar-refractivity contribution in [1.82, 2.24) is 4.98 Å². The van der Waals surface area contributed by atoms with Crippen molar-refractivity contribution in [2.75, 3.05) is 7.11 Å². The summed E-state index contributed by atoms with van der Waals surface area (Å²) < 4.78 is 4.80. The molecule has 0 aliphatic rings. The molecule has 0 N–H and O–H groups in total. The number of hydrogen-bond acceptors (Lipinski definition) is 4. The molecule has 0 atom stereocenters. The van der Waals surface area contributed by atoms with E-state index in [2.05, 4.69) is 4.98 Å². The average Bonchev–Trinajstić information content (AvgIpc) is 2.03. The second-order valence-corrected chi connectivity index (χ2v) is 2.22. The van der Waals surface area contributed by atoms with E-state index < -0.39 is 4.92 Å². The van der Waals surface area contributed by atoms with E-state index >= 15 is 0 Å². The summed E-state index contributed by atoms with van der Waals surface area (Å²) in [6.45, 7) is 1.57. The zero-order chi connectivity index (χ0) is 9.14. The summed E-state index contributed by atoms with van der Waals surface area (Å²) in [6.07, 6.45) is 0. The number of nitrogens with zero attached hydrogens (tertiary/aromatic N) is 2. The molecule has 0 aliphatic carbocycles. The molecule has 0 bridgehead atoms. The molecule has 0 unspecified atom stereocenters. The summed E-state index contributed by atoms with van der Waals surface area (Å²) in [4.78, 5) is 13.7. The number of hydrogen-bond donors (Lipinski definition) is 0. The van der Waals surface area contributed by atoms with Crippen molar-refractivity contribution in [3.8, 4) is 5.88 Å². The Labute approximate surface area is 99.0 Å². The minimum atomic E-state index is -0.470. The van der Waals surface area contributed by atoms with E-state index in [1.54, 1.807) is 6.92 Å². The van der Waals surface area contributed by atoms with Gasteiger partial charge in [0.25, 0.3) is 5.69 Å². The minimum absolute atomic E-state index is 0. The third-order valence-corrected chi connectivity index (χ3v) is 1.44. The molecule has 0 aromatic carbocycles. The predicted molar refractivity (Wildman–Crippen MR) is 43.3 cm³/mol. The van der Waals surface area contributed by atoms with Crippen LogP contribution in [0.15, 0.2) is 12.1 Å². The van der Waals surface area contributed by atoms with E-state index in [1.807, 2.05) is 0 Å². The van der Waals surface area contributed by atoms with Gasteiger partial charge in [-0.3, -0.25) is 10.1 Å². The molecule has 6 heteroatoms. The number of methoxy groups -OCH3 is 1. The maximum absolute atomic E-state index is 10.3. The third-order valence-electron chi connectivity index (χ3n) is 1.44. The van der Waals surface area contributed by atoms with E-state index in [0.29, 0.717) is 11.6 Å². The van der Waals surface area contributed by atoms with Crippen molar-refractivity contribution in [2.45, 2.75) is 6.92 Å². The molecule has 0 fully saturated rings. The topological polar surface area (TPSA) is 65.3 Å². The molecule has 1 aromatic rings. The summed E-state index contributed by atoms with van der Waals surface area (Å²) >= 11 is 0. The third kappa shape index (κ3) is 2.95. The van der Waals surface area contributed by atoms with Gasteiger partial charge < -0.3 is 6.16 Å². The van der Waals surface area contributed by atoms with Crippen LogP contribution in [-0.4, -0.2) is 17.0 Å². The largest absolute Gasteiger partial charge is 1.00 e. The van der Waals surface area contributed by atoms with Crippen molar-refractivity contribution in [3.05, 3.63) is 27.9 Å². The Morgan fingerprint density at radius 2 is 2.23 bits per heavy atom. The van der Waals surface area contributed by atoms with Gasteiger partial charge >= 0.3 is 29.6 Å². The van der Waals surface area contributed by atoms with Crippen LogP contribution in [0.4, 0.5) is 5.69 Å². The van der Waals surface area contributed by atoms with E-state index in [-0.39, 0.29) is 36.7 Å². The van der Waals surface area contributed by atoms with Gasteiger partial charge in [0, 0.05) is 12.1 Å². The van der Waals surface area contributed by atoms with Gasteiger partial charge in [-0.25, -0.2) is 4.98 Å². The summed E-state index contributed by atoms with van der Waals surface area (Å²) in [6, 6.07) is 2.84. The summed E-state index contributed by atoms with van der Waals surface area (Å²) in [5.41, 5.74) is 0.371. The molecule has 0 radical (unpaired) electrons. The van der Waals surface area contributed by atoms with Gasteiger partial charge in [0.1, 0.15) is 5.69 Å². The molecule has 0 spiro atoms. The quantitative estimate of drug-likeness (QED) is 0.322. The molecular formula is C7H9N2NaO3. The van der Waals surface area contributed by atoms with Crippen LogP contribution in [0.25, 0.3) is 0 Å². The summed E-state index contributed by atoms with van der Waals surface area (Å²) in [5, 5.41) is 10.3. The molecule has 0 amide bonds. The van der Waals surface area contributed by atoms with Gasteiger partial charge in [-0.05, 0) is 6.92 Å². The number of rotatable bonds is 2. The van der Waals surface area contributed by atoms with Gasteiger partial charge in [0.15, 0.2) is 0 Å². The molecule has 5 nitrogen and oxygen atoms in total. The van der Waals surface area contributed by atoms with Gasteiger partial charge in [-0.2, -0.15) is 0 Å². The molecule has 0 saturated carbocycles. The van der Waals surface area contributed by atoms with E-state index in [1.165, 1.54) is 19.2 Å². The van der Waals surface area contributed by atoms with Crippen molar-refractivity contribution < 1.29 is 40.6 Å². The standard InChI is InChI=1S/C7H8N2O3.Na.H/c1-5-6(9(10)11)3-4-7(8-5)12-2;;/h3-4H,1-2H3;;/q;+1;-1. The Bertz CT molecular complexity index is 322. The maximum Gasteiger partial charge on any atom is 1.00 e. The van der Waals surface area contributed by atoms with Crippen LogP contribution in [0.1, 0.15) is 7.12 Å². The zero-order valence-electron chi connectivity index (χ0n) is 8.77. The van der Waals surface area contributed by atoms with E-state index in [0.717, 1.165) is 0 Å². The molecule has 1 aromatic heterocycles. The number of nitro groups is 1. The van der Waals surface area contributed by atoms with Crippen molar-refractivity contribution in [2.24, 2.45) is 0 Å². The Balaban J connectivity index is 0. The first kappa shape index (κ1) is 12.3. The number of aryl methyl sites for hydroxylation is 1. The minimum Gasteiger partial charge on any atom is -1.00 e. The fraction of sp³-hybridized carbons (Fsp3) is 0.286. The van der Waals surface area contributed by atoms with Crippen LogP contribution >= 0.6 is 0 Å². The van der Waals surface area contributed by atoms with Crippen molar-refractivity contribution >= 4 is 5.69 Å². The summed E-state index contributed by atoms with van der Waals surface area (Å²) in [5.74, 6) is 0.387. The molecule has 0 aliphatic heterocycles. The second-order valence-electron chi connectivity index (χ2n) is 2.22. The van der Waals surface area contributed by atoms with Crippen LogP contribution in [0.2, 0.25) is 0 Å². The molecule has 1 rings (SSSR count). The molecule has 1 heterocycles. The molecule has 66 valence electrons. The van der Waals surface area contributed by atoms with Crippen molar-refractivity contribution in [1.29, 1.82) is 0 Å². The fourth-order valence-corrected chi connectivity index (χ4v) is 0.837. The number of ether oxygens (including phenoxy) is 1. The molecule has 0 saturated heterocycles.